The first kappa shape index (κ1) is 17.9. The van der Waals surface area contributed by atoms with Gasteiger partial charge in [0, 0.05) is 10.9 Å². The van der Waals surface area contributed by atoms with Gasteiger partial charge in [-0.05, 0) is 25.1 Å². The van der Waals surface area contributed by atoms with Crippen LogP contribution >= 0.6 is 11.3 Å². The number of carbonyl (C=O) groups excluding carboxylic acids is 1. The molecular weight excluding hydrogens is 350 g/mol. The highest BCUT2D eigenvalue weighted by Crippen LogP contribution is 2.26. The Morgan fingerprint density at radius 3 is 2.54 bits per heavy atom. The van der Waals surface area contributed by atoms with E-state index in [4.69, 9.17) is 14.2 Å². The lowest BCUT2D eigenvalue weighted by atomic mass is 10.2. The van der Waals surface area contributed by atoms with Crippen LogP contribution in [-0.4, -0.2) is 25.2 Å². The smallest absolute Gasteiger partial charge is 0.342 e. The van der Waals surface area contributed by atoms with E-state index in [1.807, 2.05) is 36.6 Å². The number of carbonyl (C=O) groups is 1. The van der Waals surface area contributed by atoms with E-state index in [1.165, 1.54) is 24.0 Å². The van der Waals surface area contributed by atoms with E-state index in [0.717, 1.165) is 10.6 Å². The molecule has 26 heavy (non-hydrogen) atoms. The van der Waals surface area contributed by atoms with Crippen LogP contribution in [0.15, 0.2) is 47.8 Å². The number of aryl methyl sites for hydroxylation is 1. The quantitative estimate of drug-likeness (QED) is 0.599. The third-order valence-corrected chi connectivity index (χ3v) is 4.77. The Bertz CT molecular complexity index is 902. The minimum absolute atomic E-state index is 0.0988. The number of ether oxygens (including phenoxy) is 3. The third kappa shape index (κ3) is 4.03. The first-order chi connectivity index (χ1) is 12.6. The Hall–Kier alpha value is -2.86. The molecule has 0 saturated heterocycles. The molecule has 1 aromatic heterocycles. The van der Waals surface area contributed by atoms with Crippen molar-refractivity contribution < 1.29 is 19.0 Å². The van der Waals surface area contributed by atoms with Gasteiger partial charge in [0.2, 0.25) is 0 Å². The van der Waals surface area contributed by atoms with Gasteiger partial charge in [0.15, 0.2) is 0 Å². The average Bonchev–Trinajstić information content (AvgIpc) is 3.15. The van der Waals surface area contributed by atoms with Crippen LogP contribution in [0.5, 0.6) is 11.5 Å². The van der Waals surface area contributed by atoms with E-state index in [0.29, 0.717) is 22.8 Å². The zero-order valence-corrected chi connectivity index (χ0v) is 15.6. The maximum atomic E-state index is 12.4. The topological polar surface area (TPSA) is 57.7 Å². The molecule has 0 unspecified atom stereocenters. The van der Waals surface area contributed by atoms with Gasteiger partial charge in [-0.1, -0.05) is 29.8 Å². The standard InChI is InChI=1S/C20H19NO4S/c1-13-4-6-14(7-5-13)19-21-15(12-26-19)11-25-20(22)17-10-16(23-2)8-9-18(17)24-3/h4-10,12H,11H2,1-3H3. The van der Waals surface area contributed by atoms with E-state index in [1.54, 1.807) is 25.3 Å². The Labute approximate surface area is 156 Å². The molecule has 0 bridgehead atoms. The van der Waals surface area contributed by atoms with Crippen LogP contribution in [0.3, 0.4) is 0 Å². The van der Waals surface area contributed by atoms with Crippen LogP contribution in [-0.2, 0) is 11.3 Å². The number of benzene rings is 2. The molecule has 5 nitrogen and oxygen atoms in total. The van der Waals surface area contributed by atoms with Crippen molar-refractivity contribution in [2.45, 2.75) is 13.5 Å². The molecular formula is C20H19NO4S. The highest BCUT2D eigenvalue weighted by molar-refractivity contribution is 7.13. The van der Waals surface area contributed by atoms with Crippen molar-refractivity contribution in [1.29, 1.82) is 0 Å². The largest absolute Gasteiger partial charge is 0.497 e. The lowest BCUT2D eigenvalue weighted by molar-refractivity contribution is 0.0464. The molecule has 0 spiro atoms. The molecule has 0 atom stereocenters. The van der Waals surface area contributed by atoms with Gasteiger partial charge < -0.3 is 14.2 Å². The molecule has 0 aliphatic heterocycles. The first-order valence-electron chi connectivity index (χ1n) is 8.01. The zero-order valence-electron chi connectivity index (χ0n) is 14.8. The molecule has 3 rings (SSSR count). The molecule has 3 aromatic rings. The molecule has 0 radical (unpaired) electrons. The summed E-state index contributed by atoms with van der Waals surface area (Å²) in [6.07, 6.45) is 0. The molecule has 6 heteroatoms. The average molecular weight is 369 g/mol. The van der Waals surface area contributed by atoms with E-state index in [9.17, 15) is 4.79 Å². The van der Waals surface area contributed by atoms with Gasteiger partial charge in [0.05, 0.1) is 19.9 Å². The SMILES string of the molecule is COc1ccc(OC)c(C(=O)OCc2csc(-c3ccc(C)cc3)n2)c1. The van der Waals surface area contributed by atoms with Crippen molar-refractivity contribution in [3.63, 3.8) is 0 Å². The van der Waals surface area contributed by atoms with Crippen LogP contribution in [0.4, 0.5) is 0 Å². The molecule has 134 valence electrons. The number of thiazole rings is 1. The van der Waals surface area contributed by atoms with Gasteiger partial charge in [-0.15, -0.1) is 11.3 Å². The van der Waals surface area contributed by atoms with Crippen molar-refractivity contribution in [2.75, 3.05) is 14.2 Å². The Morgan fingerprint density at radius 2 is 1.85 bits per heavy atom. The summed E-state index contributed by atoms with van der Waals surface area (Å²) in [6.45, 7) is 2.14. The van der Waals surface area contributed by atoms with Gasteiger partial charge in [0.1, 0.15) is 28.7 Å². The van der Waals surface area contributed by atoms with Gasteiger partial charge in [-0.2, -0.15) is 0 Å². The van der Waals surface area contributed by atoms with Crippen molar-refractivity contribution in [3.8, 4) is 22.1 Å². The molecule has 0 saturated carbocycles. The summed E-state index contributed by atoms with van der Waals surface area (Å²) in [5.74, 6) is 0.521. The number of methoxy groups -OCH3 is 2. The fourth-order valence-electron chi connectivity index (χ4n) is 2.39. The highest BCUT2D eigenvalue weighted by Gasteiger charge is 2.16. The highest BCUT2D eigenvalue weighted by atomic mass is 32.1. The molecule has 0 fully saturated rings. The third-order valence-electron chi connectivity index (χ3n) is 3.83. The minimum Gasteiger partial charge on any atom is -0.497 e. The molecule has 0 amide bonds. The summed E-state index contributed by atoms with van der Waals surface area (Å²) >= 11 is 1.52. The zero-order chi connectivity index (χ0) is 18.5. The molecule has 0 aliphatic carbocycles. The number of esters is 1. The molecule has 0 N–H and O–H groups in total. The minimum atomic E-state index is -0.481. The Morgan fingerprint density at radius 1 is 1.08 bits per heavy atom. The summed E-state index contributed by atoms with van der Waals surface area (Å²) in [6, 6.07) is 13.2. The van der Waals surface area contributed by atoms with Crippen LogP contribution in [0.2, 0.25) is 0 Å². The van der Waals surface area contributed by atoms with Gasteiger partial charge in [-0.3, -0.25) is 0 Å². The second-order valence-corrected chi connectivity index (χ2v) is 6.51. The van der Waals surface area contributed by atoms with Crippen molar-refractivity contribution in [1.82, 2.24) is 4.98 Å². The van der Waals surface area contributed by atoms with Crippen LogP contribution in [0.1, 0.15) is 21.6 Å². The number of hydrogen-bond acceptors (Lipinski definition) is 6. The van der Waals surface area contributed by atoms with Gasteiger partial charge in [-0.25, -0.2) is 9.78 Å². The monoisotopic (exact) mass is 369 g/mol. The molecule has 1 heterocycles. The maximum Gasteiger partial charge on any atom is 0.342 e. The predicted molar refractivity (Wildman–Crippen MR) is 101 cm³/mol. The van der Waals surface area contributed by atoms with Crippen LogP contribution in [0.25, 0.3) is 10.6 Å². The van der Waals surface area contributed by atoms with E-state index >= 15 is 0 Å². The van der Waals surface area contributed by atoms with E-state index in [2.05, 4.69) is 4.98 Å². The van der Waals surface area contributed by atoms with E-state index < -0.39 is 5.97 Å². The molecule has 0 aliphatic rings. The first-order valence-corrected chi connectivity index (χ1v) is 8.89. The fraction of sp³-hybridized carbons (Fsp3) is 0.200. The Kier molecular flexibility index (Phi) is 5.53. The number of aromatic nitrogens is 1. The summed E-state index contributed by atoms with van der Waals surface area (Å²) < 4.78 is 15.8. The molecule has 2 aromatic carbocycles. The fourth-order valence-corrected chi connectivity index (χ4v) is 3.20. The maximum absolute atomic E-state index is 12.4. The summed E-state index contributed by atoms with van der Waals surface area (Å²) in [7, 11) is 3.05. The number of hydrogen-bond donors (Lipinski definition) is 0. The summed E-state index contributed by atoms with van der Waals surface area (Å²) in [4.78, 5) is 16.9. The van der Waals surface area contributed by atoms with Crippen molar-refractivity contribution in [2.24, 2.45) is 0 Å². The second-order valence-electron chi connectivity index (χ2n) is 5.65. The van der Waals surface area contributed by atoms with Crippen LogP contribution in [0, 0.1) is 6.92 Å². The van der Waals surface area contributed by atoms with Gasteiger partial charge in [0.25, 0.3) is 0 Å². The number of rotatable bonds is 6. The van der Waals surface area contributed by atoms with Crippen molar-refractivity contribution >= 4 is 17.3 Å². The van der Waals surface area contributed by atoms with Crippen LogP contribution < -0.4 is 9.47 Å². The van der Waals surface area contributed by atoms with Gasteiger partial charge >= 0.3 is 5.97 Å². The lowest BCUT2D eigenvalue weighted by Crippen LogP contribution is -2.07. The Balaban J connectivity index is 1.70. The predicted octanol–water partition coefficient (Wildman–Crippen LogP) is 4.49. The number of nitrogens with zero attached hydrogens (tertiary/aromatic N) is 1. The summed E-state index contributed by atoms with van der Waals surface area (Å²) in [5, 5.41) is 2.79. The van der Waals surface area contributed by atoms with E-state index in [-0.39, 0.29) is 6.61 Å². The normalized spacial score (nSPS) is 10.4. The van der Waals surface area contributed by atoms with Crippen molar-refractivity contribution in [3.05, 3.63) is 64.7 Å². The second kappa shape index (κ2) is 8.01. The lowest BCUT2D eigenvalue weighted by Gasteiger charge is -2.09. The summed E-state index contributed by atoms with van der Waals surface area (Å²) in [5.41, 5.74) is 3.28.